The van der Waals surface area contributed by atoms with Crippen molar-refractivity contribution in [1.29, 1.82) is 0 Å². The van der Waals surface area contributed by atoms with Gasteiger partial charge >= 0.3 is 0 Å². The number of aromatic amines is 1. The van der Waals surface area contributed by atoms with E-state index in [2.05, 4.69) is 38.9 Å². The summed E-state index contributed by atoms with van der Waals surface area (Å²) in [5.41, 5.74) is 3.61. The number of halogens is 1. The number of H-pyrrole nitrogens is 1. The first-order chi connectivity index (χ1) is 13.7. The van der Waals surface area contributed by atoms with E-state index in [1.165, 1.54) is 10.9 Å². The fourth-order valence-corrected chi connectivity index (χ4v) is 3.17. The Morgan fingerprint density at radius 2 is 1.86 bits per heavy atom. The second-order valence-electron chi connectivity index (χ2n) is 6.43. The molecule has 2 heterocycles. The van der Waals surface area contributed by atoms with Crippen molar-refractivity contribution in [3.05, 3.63) is 89.2 Å². The zero-order valence-electron chi connectivity index (χ0n) is 15.1. The summed E-state index contributed by atoms with van der Waals surface area (Å²) in [6, 6.07) is 18.7. The number of hydrogen-bond acceptors (Lipinski definition) is 3. The number of carbonyl (C=O) groups is 1. The van der Waals surface area contributed by atoms with Gasteiger partial charge in [0.1, 0.15) is 5.82 Å². The number of benzene rings is 2. The Hall–Kier alpha value is -3.31. The number of aromatic nitrogens is 2. The van der Waals surface area contributed by atoms with E-state index in [9.17, 15) is 4.79 Å². The normalized spacial score (nSPS) is 10.8. The minimum atomic E-state index is -0.196. The molecule has 0 fully saturated rings. The zero-order valence-corrected chi connectivity index (χ0v) is 15.8. The first-order valence-electron chi connectivity index (χ1n) is 9.01. The van der Waals surface area contributed by atoms with Crippen molar-refractivity contribution in [3.8, 4) is 0 Å². The summed E-state index contributed by atoms with van der Waals surface area (Å²) in [5, 5.41) is 7.99. The molecule has 4 rings (SSSR count). The maximum Gasteiger partial charge on any atom is 0.255 e. The minimum Gasteiger partial charge on any atom is -0.370 e. The van der Waals surface area contributed by atoms with E-state index < -0.39 is 0 Å². The van der Waals surface area contributed by atoms with E-state index in [0.29, 0.717) is 16.3 Å². The van der Waals surface area contributed by atoms with Crippen molar-refractivity contribution in [2.75, 3.05) is 17.2 Å². The molecule has 0 unspecified atom stereocenters. The molecular formula is C22H19ClN4O. The molecule has 5 nitrogen and oxygen atoms in total. The van der Waals surface area contributed by atoms with Gasteiger partial charge in [0.2, 0.25) is 0 Å². The Kier molecular flexibility index (Phi) is 5.26. The van der Waals surface area contributed by atoms with Crippen molar-refractivity contribution in [2.24, 2.45) is 0 Å². The van der Waals surface area contributed by atoms with Crippen LogP contribution in [0.5, 0.6) is 0 Å². The number of amides is 1. The SMILES string of the molecule is O=C(Nc1ccc(NCCc2c[nH]c3ccccc23)nc1)c1ccc(Cl)cc1. The lowest BCUT2D eigenvalue weighted by molar-refractivity contribution is 0.102. The van der Waals surface area contributed by atoms with Gasteiger partial charge in [0.25, 0.3) is 5.91 Å². The van der Waals surface area contributed by atoms with E-state index in [-0.39, 0.29) is 5.91 Å². The maximum atomic E-state index is 12.2. The van der Waals surface area contributed by atoms with Gasteiger partial charge in [-0.15, -0.1) is 0 Å². The van der Waals surface area contributed by atoms with Gasteiger partial charge in [-0.3, -0.25) is 4.79 Å². The highest BCUT2D eigenvalue weighted by Gasteiger charge is 2.07. The molecule has 1 amide bonds. The number of para-hydroxylation sites is 1. The minimum absolute atomic E-state index is 0.196. The van der Waals surface area contributed by atoms with Gasteiger partial charge in [-0.25, -0.2) is 4.98 Å². The third-order valence-corrected chi connectivity index (χ3v) is 4.76. The van der Waals surface area contributed by atoms with Crippen LogP contribution in [-0.2, 0) is 6.42 Å². The highest BCUT2D eigenvalue weighted by atomic mass is 35.5. The van der Waals surface area contributed by atoms with Crippen LogP contribution in [0.15, 0.2) is 73.1 Å². The number of nitrogens with one attached hydrogen (secondary N) is 3. The van der Waals surface area contributed by atoms with Crippen molar-refractivity contribution >= 4 is 39.9 Å². The molecule has 0 radical (unpaired) electrons. The largest absolute Gasteiger partial charge is 0.370 e. The van der Waals surface area contributed by atoms with Gasteiger partial charge in [0.15, 0.2) is 0 Å². The van der Waals surface area contributed by atoms with Crippen LogP contribution in [0, 0.1) is 0 Å². The smallest absolute Gasteiger partial charge is 0.255 e. The maximum absolute atomic E-state index is 12.2. The summed E-state index contributed by atoms with van der Waals surface area (Å²) in [7, 11) is 0. The summed E-state index contributed by atoms with van der Waals surface area (Å²) in [4.78, 5) is 19.9. The summed E-state index contributed by atoms with van der Waals surface area (Å²) in [6.45, 7) is 0.769. The molecule has 140 valence electrons. The predicted octanol–water partition coefficient (Wildman–Crippen LogP) is 5.12. The molecule has 3 N–H and O–H groups in total. The van der Waals surface area contributed by atoms with E-state index in [1.807, 2.05) is 24.3 Å². The standard InChI is InChI=1S/C22H19ClN4O/c23-17-7-5-15(6-8-17)22(28)27-18-9-10-21(26-14-18)24-12-11-16-13-25-20-4-2-1-3-19(16)20/h1-10,13-14,25H,11-12H2,(H,24,26)(H,27,28). The molecule has 0 aliphatic carbocycles. The summed E-state index contributed by atoms with van der Waals surface area (Å²) in [6.07, 6.45) is 4.58. The second-order valence-corrected chi connectivity index (χ2v) is 6.87. The molecule has 28 heavy (non-hydrogen) atoms. The Morgan fingerprint density at radius 3 is 2.64 bits per heavy atom. The zero-order chi connectivity index (χ0) is 19.3. The molecule has 0 atom stereocenters. The predicted molar refractivity (Wildman–Crippen MR) is 114 cm³/mol. The van der Waals surface area contributed by atoms with Gasteiger partial charge in [0.05, 0.1) is 11.9 Å². The summed E-state index contributed by atoms with van der Waals surface area (Å²) in [5.74, 6) is 0.572. The van der Waals surface area contributed by atoms with Crippen molar-refractivity contribution in [3.63, 3.8) is 0 Å². The molecule has 0 saturated carbocycles. The van der Waals surface area contributed by atoms with Gasteiger partial charge in [-0.2, -0.15) is 0 Å². The molecule has 4 aromatic rings. The van der Waals surface area contributed by atoms with Gasteiger partial charge in [-0.05, 0) is 54.4 Å². The number of fused-ring (bicyclic) bond motifs is 1. The van der Waals surface area contributed by atoms with Crippen molar-refractivity contribution < 1.29 is 4.79 Å². The average Bonchev–Trinajstić information content (AvgIpc) is 3.13. The van der Waals surface area contributed by atoms with Crippen molar-refractivity contribution in [1.82, 2.24) is 9.97 Å². The van der Waals surface area contributed by atoms with E-state index in [4.69, 9.17) is 11.6 Å². The van der Waals surface area contributed by atoms with Crippen LogP contribution in [0.25, 0.3) is 10.9 Å². The fourth-order valence-electron chi connectivity index (χ4n) is 3.04. The van der Waals surface area contributed by atoms with E-state index in [0.717, 1.165) is 24.3 Å². The number of anilines is 2. The quantitative estimate of drug-likeness (QED) is 0.427. The molecule has 0 saturated heterocycles. The fraction of sp³-hybridized carbons (Fsp3) is 0.0909. The van der Waals surface area contributed by atoms with Crippen LogP contribution < -0.4 is 10.6 Å². The third kappa shape index (κ3) is 4.15. The van der Waals surface area contributed by atoms with Gasteiger partial charge < -0.3 is 15.6 Å². The lowest BCUT2D eigenvalue weighted by Crippen LogP contribution is -2.12. The molecule has 2 aromatic carbocycles. The van der Waals surface area contributed by atoms with Crippen LogP contribution in [0.2, 0.25) is 5.02 Å². The Balaban J connectivity index is 1.32. The van der Waals surface area contributed by atoms with E-state index in [1.54, 1.807) is 30.5 Å². The lowest BCUT2D eigenvalue weighted by Gasteiger charge is -2.08. The number of pyridine rings is 1. The third-order valence-electron chi connectivity index (χ3n) is 4.50. The van der Waals surface area contributed by atoms with Crippen LogP contribution in [0.3, 0.4) is 0 Å². The van der Waals surface area contributed by atoms with Crippen LogP contribution in [-0.4, -0.2) is 22.4 Å². The average molecular weight is 391 g/mol. The monoisotopic (exact) mass is 390 g/mol. The topological polar surface area (TPSA) is 69.8 Å². The second kappa shape index (κ2) is 8.15. The van der Waals surface area contributed by atoms with Crippen LogP contribution in [0.4, 0.5) is 11.5 Å². The highest BCUT2D eigenvalue weighted by Crippen LogP contribution is 2.18. The molecule has 0 aliphatic heterocycles. The van der Waals surface area contributed by atoms with Crippen molar-refractivity contribution in [2.45, 2.75) is 6.42 Å². The highest BCUT2D eigenvalue weighted by molar-refractivity contribution is 6.30. The van der Waals surface area contributed by atoms with Gasteiger partial charge in [-0.1, -0.05) is 29.8 Å². The Morgan fingerprint density at radius 1 is 1.04 bits per heavy atom. The van der Waals surface area contributed by atoms with Crippen LogP contribution in [0.1, 0.15) is 15.9 Å². The number of nitrogens with zero attached hydrogens (tertiary/aromatic N) is 1. The Labute approximate surface area is 167 Å². The first kappa shape index (κ1) is 18.1. The first-order valence-corrected chi connectivity index (χ1v) is 9.39. The number of rotatable bonds is 6. The lowest BCUT2D eigenvalue weighted by atomic mass is 10.1. The summed E-state index contributed by atoms with van der Waals surface area (Å²) >= 11 is 5.85. The van der Waals surface area contributed by atoms with E-state index >= 15 is 0 Å². The molecule has 6 heteroatoms. The molecule has 0 aliphatic rings. The van der Waals surface area contributed by atoms with Crippen LogP contribution >= 0.6 is 11.6 Å². The number of carbonyl (C=O) groups excluding carboxylic acids is 1. The molecule has 0 spiro atoms. The molecule has 0 bridgehead atoms. The van der Waals surface area contributed by atoms with Gasteiger partial charge in [0, 0.05) is 34.2 Å². The summed E-state index contributed by atoms with van der Waals surface area (Å²) < 4.78 is 0. The molecular weight excluding hydrogens is 372 g/mol. The Bertz CT molecular complexity index is 1090. The molecule has 2 aromatic heterocycles. The number of hydrogen-bond donors (Lipinski definition) is 3.